The molecule has 2 aromatic carbocycles. The van der Waals surface area contributed by atoms with Crippen molar-refractivity contribution in [1.29, 1.82) is 0 Å². The third kappa shape index (κ3) is 2.69. The fourth-order valence-corrected chi connectivity index (χ4v) is 1.81. The standard InChI is InChI=1S/C15H11FN2O4/c1-20-11-8-6-10(7-9-11)18-15(19)22-14(17-18)21-13-5-3-2-4-12(13)16/h2-9H,1H3. The normalized spacial score (nSPS) is 10.5. The molecule has 7 heteroatoms. The first kappa shape index (κ1) is 13.9. The Kier molecular flexibility index (Phi) is 3.61. The van der Waals surface area contributed by atoms with Crippen LogP contribution in [0, 0.1) is 5.82 Å². The van der Waals surface area contributed by atoms with Crippen molar-refractivity contribution in [3.8, 4) is 23.3 Å². The van der Waals surface area contributed by atoms with E-state index in [1.54, 1.807) is 30.3 Å². The molecule has 0 unspecified atom stereocenters. The van der Waals surface area contributed by atoms with Crippen LogP contribution in [0.1, 0.15) is 0 Å². The minimum Gasteiger partial charge on any atom is -0.497 e. The second kappa shape index (κ2) is 5.72. The molecule has 0 saturated heterocycles. The van der Waals surface area contributed by atoms with Crippen LogP contribution in [-0.2, 0) is 0 Å². The molecule has 0 aliphatic heterocycles. The molecule has 3 rings (SSSR count). The first-order valence-corrected chi connectivity index (χ1v) is 6.34. The van der Waals surface area contributed by atoms with E-state index in [4.69, 9.17) is 13.9 Å². The summed E-state index contributed by atoms with van der Waals surface area (Å²) in [4.78, 5) is 11.8. The van der Waals surface area contributed by atoms with Crippen LogP contribution in [0.15, 0.2) is 57.7 Å². The monoisotopic (exact) mass is 302 g/mol. The van der Waals surface area contributed by atoms with Crippen LogP contribution < -0.4 is 15.2 Å². The smallest absolute Gasteiger partial charge is 0.444 e. The van der Waals surface area contributed by atoms with Crippen LogP contribution in [0.2, 0.25) is 0 Å². The molecule has 0 fully saturated rings. The molecule has 6 nitrogen and oxygen atoms in total. The van der Waals surface area contributed by atoms with Gasteiger partial charge in [0.1, 0.15) is 5.75 Å². The lowest BCUT2D eigenvalue weighted by Crippen LogP contribution is -2.13. The van der Waals surface area contributed by atoms with E-state index in [1.807, 2.05) is 0 Å². The van der Waals surface area contributed by atoms with Crippen LogP contribution in [0.3, 0.4) is 0 Å². The first-order chi connectivity index (χ1) is 10.7. The Morgan fingerprint density at radius 2 is 1.86 bits per heavy atom. The Hall–Kier alpha value is -3.09. The maximum atomic E-state index is 13.5. The largest absolute Gasteiger partial charge is 0.497 e. The average molecular weight is 302 g/mol. The minimum atomic E-state index is -0.739. The van der Waals surface area contributed by atoms with Crippen LogP contribution in [-0.4, -0.2) is 16.9 Å². The van der Waals surface area contributed by atoms with Gasteiger partial charge < -0.3 is 13.9 Å². The molecule has 0 aliphatic rings. The third-order valence-electron chi connectivity index (χ3n) is 2.88. The van der Waals surface area contributed by atoms with Crippen molar-refractivity contribution in [2.75, 3.05) is 7.11 Å². The summed E-state index contributed by atoms with van der Waals surface area (Å²) in [5, 5.41) is 3.88. The number of ether oxygens (including phenoxy) is 2. The van der Waals surface area contributed by atoms with Gasteiger partial charge in [0.05, 0.1) is 12.8 Å². The van der Waals surface area contributed by atoms with E-state index in [-0.39, 0.29) is 11.8 Å². The molecule has 3 aromatic rings. The molecule has 0 atom stereocenters. The summed E-state index contributed by atoms with van der Waals surface area (Å²) in [6.45, 7) is 0. The van der Waals surface area contributed by atoms with Crippen molar-refractivity contribution in [2.45, 2.75) is 0 Å². The van der Waals surface area contributed by atoms with Gasteiger partial charge in [0.2, 0.25) is 0 Å². The lowest BCUT2D eigenvalue weighted by molar-refractivity contribution is 0.309. The van der Waals surface area contributed by atoms with Crippen molar-refractivity contribution in [3.63, 3.8) is 0 Å². The van der Waals surface area contributed by atoms with E-state index in [1.165, 1.54) is 25.3 Å². The Balaban J connectivity index is 1.90. The predicted molar refractivity (Wildman–Crippen MR) is 75.1 cm³/mol. The van der Waals surface area contributed by atoms with Crippen molar-refractivity contribution < 1.29 is 18.3 Å². The van der Waals surface area contributed by atoms with Gasteiger partial charge in [-0.2, -0.15) is 4.68 Å². The van der Waals surface area contributed by atoms with Crippen LogP contribution in [0.4, 0.5) is 4.39 Å². The summed E-state index contributed by atoms with van der Waals surface area (Å²) in [5.74, 6) is -0.755. The molecule has 0 bridgehead atoms. The molecular formula is C15H11FN2O4. The molecule has 0 radical (unpaired) electrons. The van der Waals surface area contributed by atoms with Gasteiger partial charge >= 0.3 is 11.8 Å². The zero-order chi connectivity index (χ0) is 15.5. The van der Waals surface area contributed by atoms with Crippen LogP contribution >= 0.6 is 0 Å². The molecular weight excluding hydrogens is 291 g/mol. The maximum absolute atomic E-state index is 13.5. The number of hydrogen-bond acceptors (Lipinski definition) is 5. The summed E-state index contributed by atoms with van der Waals surface area (Å²) in [5.41, 5.74) is 0.470. The van der Waals surface area contributed by atoms with Gasteiger partial charge in [-0.15, -0.1) is 0 Å². The number of hydrogen-bond donors (Lipinski definition) is 0. The quantitative estimate of drug-likeness (QED) is 0.741. The first-order valence-electron chi connectivity index (χ1n) is 6.34. The van der Waals surface area contributed by atoms with E-state index >= 15 is 0 Å². The highest BCUT2D eigenvalue weighted by Gasteiger charge is 2.13. The number of nitrogens with zero attached hydrogens (tertiary/aromatic N) is 2. The Morgan fingerprint density at radius 1 is 1.14 bits per heavy atom. The highest BCUT2D eigenvalue weighted by molar-refractivity contribution is 5.36. The Labute approximate surface area is 124 Å². The van der Waals surface area contributed by atoms with Gasteiger partial charge in [-0.05, 0) is 36.4 Å². The van der Waals surface area contributed by atoms with Crippen molar-refractivity contribution in [1.82, 2.24) is 9.78 Å². The predicted octanol–water partition coefficient (Wildman–Crippen LogP) is 2.77. The number of aromatic nitrogens is 2. The zero-order valence-electron chi connectivity index (χ0n) is 11.5. The van der Waals surface area contributed by atoms with Gasteiger partial charge in [0.15, 0.2) is 11.6 Å². The minimum absolute atomic E-state index is 0.0781. The number of benzene rings is 2. The van der Waals surface area contributed by atoms with E-state index in [0.29, 0.717) is 11.4 Å². The molecule has 1 heterocycles. The van der Waals surface area contributed by atoms with Gasteiger partial charge in [-0.1, -0.05) is 17.2 Å². The number of para-hydroxylation sites is 1. The van der Waals surface area contributed by atoms with E-state index in [0.717, 1.165) is 4.68 Å². The lowest BCUT2D eigenvalue weighted by Gasteiger charge is -2.01. The number of rotatable bonds is 4. The molecule has 0 saturated carbocycles. The topological polar surface area (TPSA) is 66.5 Å². The molecule has 0 spiro atoms. The second-order valence-electron chi connectivity index (χ2n) is 4.28. The summed E-state index contributed by atoms with van der Waals surface area (Å²) in [6.07, 6.45) is -0.342. The molecule has 112 valence electrons. The summed E-state index contributed by atoms with van der Waals surface area (Å²) >= 11 is 0. The van der Waals surface area contributed by atoms with Gasteiger partial charge in [-0.3, -0.25) is 0 Å². The number of halogens is 1. The SMILES string of the molecule is COc1ccc(-n2nc(Oc3ccccc3F)oc2=O)cc1. The fraction of sp³-hybridized carbons (Fsp3) is 0.0667. The summed E-state index contributed by atoms with van der Waals surface area (Å²) < 4.78 is 29.5. The van der Waals surface area contributed by atoms with E-state index < -0.39 is 11.6 Å². The van der Waals surface area contributed by atoms with E-state index in [2.05, 4.69) is 5.10 Å². The van der Waals surface area contributed by atoms with Crippen molar-refractivity contribution in [2.24, 2.45) is 0 Å². The Bertz CT molecular complexity index is 839. The molecule has 0 amide bonds. The third-order valence-corrected chi connectivity index (χ3v) is 2.88. The summed E-state index contributed by atoms with van der Waals surface area (Å²) in [7, 11) is 1.54. The lowest BCUT2D eigenvalue weighted by atomic mass is 10.3. The van der Waals surface area contributed by atoms with Gasteiger partial charge in [-0.25, -0.2) is 9.18 Å². The molecule has 0 N–H and O–H groups in total. The summed E-state index contributed by atoms with van der Waals surface area (Å²) in [6, 6.07) is 12.4. The van der Waals surface area contributed by atoms with Crippen LogP contribution in [0.5, 0.6) is 17.6 Å². The maximum Gasteiger partial charge on any atom is 0.444 e. The van der Waals surface area contributed by atoms with Gasteiger partial charge in [0, 0.05) is 0 Å². The highest BCUT2D eigenvalue weighted by Crippen LogP contribution is 2.22. The second-order valence-corrected chi connectivity index (χ2v) is 4.28. The molecule has 22 heavy (non-hydrogen) atoms. The highest BCUT2D eigenvalue weighted by atomic mass is 19.1. The molecule has 1 aromatic heterocycles. The van der Waals surface area contributed by atoms with Crippen molar-refractivity contribution in [3.05, 3.63) is 64.9 Å². The average Bonchev–Trinajstić information content (AvgIpc) is 2.90. The molecule has 0 aliphatic carbocycles. The fourth-order valence-electron chi connectivity index (χ4n) is 1.81. The number of methoxy groups -OCH3 is 1. The Morgan fingerprint density at radius 3 is 2.55 bits per heavy atom. The van der Waals surface area contributed by atoms with E-state index in [9.17, 15) is 9.18 Å². The zero-order valence-corrected chi connectivity index (χ0v) is 11.5. The van der Waals surface area contributed by atoms with Gasteiger partial charge in [0.25, 0.3) is 0 Å². The van der Waals surface area contributed by atoms with Crippen LogP contribution in [0.25, 0.3) is 5.69 Å². The van der Waals surface area contributed by atoms with Crippen molar-refractivity contribution >= 4 is 0 Å².